The lowest BCUT2D eigenvalue weighted by molar-refractivity contribution is 0.185. The average Bonchev–Trinajstić information content (AvgIpc) is 3.52. The second-order valence-corrected chi connectivity index (χ2v) is 9.70. The number of rotatable bonds is 6. The number of nitrogens with one attached hydrogen (secondary N) is 1. The molecule has 1 N–H and O–H groups in total. The number of aromatic nitrogens is 5. The number of hydrogen-bond donors (Lipinski definition) is 1. The summed E-state index contributed by atoms with van der Waals surface area (Å²) in [5.41, 5.74) is 7.56. The number of nitrogens with zero attached hydrogens (tertiary/aromatic N) is 6. The van der Waals surface area contributed by atoms with E-state index in [4.69, 9.17) is 4.98 Å². The van der Waals surface area contributed by atoms with Crippen LogP contribution in [0.4, 0.5) is 11.6 Å². The number of benzene rings is 2. The van der Waals surface area contributed by atoms with Crippen LogP contribution in [0.3, 0.4) is 0 Å². The molecule has 4 aromatic rings. The van der Waals surface area contributed by atoms with E-state index in [-0.39, 0.29) is 0 Å². The maximum atomic E-state index is 4.81. The molecule has 0 bridgehead atoms. The molecular weight excluding hydrogens is 422 g/mol. The molecule has 0 radical (unpaired) electrons. The van der Waals surface area contributed by atoms with Crippen LogP contribution in [-0.2, 0) is 19.4 Å². The topological polar surface area (TPSA) is 71.8 Å². The lowest BCUT2D eigenvalue weighted by Gasteiger charge is -2.31. The third kappa shape index (κ3) is 4.16. The van der Waals surface area contributed by atoms with Gasteiger partial charge < -0.3 is 5.32 Å². The van der Waals surface area contributed by atoms with Crippen molar-refractivity contribution in [3.8, 4) is 5.69 Å². The molecule has 6 rings (SSSR count). The summed E-state index contributed by atoms with van der Waals surface area (Å²) in [4.78, 5) is 11.8. The Morgan fingerprint density at radius 3 is 2.76 bits per heavy atom. The molecule has 0 amide bonds. The minimum atomic E-state index is 0.560. The monoisotopic (exact) mass is 453 g/mol. The minimum Gasteiger partial charge on any atom is -0.324 e. The van der Waals surface area contributed by atoms with Crippen molar-refractivity contribution in [3.05, 3.63) is 65.4 Å². The number of fused-ring (bicyclic) bond motifs is 2. The van der Waals surface area contributed by atoms with Gasteiger partial charge in [-0.05, 0) is 74.0 Å². The van der Waals surface area contributed by atoms with E-state index in [9.17, 15) is 0 Å². The van der Waals surface area contributed by atoms with Gasteiger partial charge in [0, 0.05) is 18.3 Å². The Labute approximate surface area is 200 Å². The zero-order valence-electron chi connectivity index (χ0n) is 19.7. The highest BCUT2D eigenvalue weighted by Crippen LogP contribution is 2.27. The third-order valence-corrected chi connectivity index (χ3v) is 7.40. The van der Waals surface area contributed by atoms with Gasteiger partial charge in [-0.3, -0.25) is 4.90 Å². The Balaban J connectivity index is 1.27. The Morgan fingerprint density at radius 1 is 1.00 bits per heavy atom. The number of hydrogen-bond acceptors (Lipinski definition) is 6. The van der Waals surface area contributed by atoms with Crippen LogP contribution in [0.2, 0.25) is 0 Å². The molecule has 7 heteroatoms. The highest BCUT2D eigenvalue weighted by atomic mass is 15.4. The molecular formula is C27H31N7. The van der Waals surface area contributed by atoms with E-state index in [1.807, 2.05) is 4.68 Å². The minimum absolute atomic E-state index is 0.560. The summed E-state index contributed by atoms with van der Waals surface area (Å²) in [6.07, 6.45) is 11.9. The van der Waals surface area contributed by atoms with Gasteiger partial charge in [-0.25, -0.2) is 4.98 Å². The van der Waals surface area contributed by atoms with Crippen LogP contribution in [0.15, 0.2) is 48.7 Å². The molecule has 2 aliphatic rings. The van der Waals surface area contributed by atoms with Crippen LogP contribution in [0.25, 0.3) is 16.9 Å². The van der Waals surface area contributed by atoms with E-state index >= 15 is 0 Å². The van der Waals surface area contributed by atoms with Crippen LogP contribution in [0.5, 0.6) is 0 Å². The smallest absolute Gasteiger partial charge is 0.229 e. The fraction of sp³-hybridized carbons (Fsp3) is 0.407. The number of aryl methyl sites for hydroxylation is 2. The van der Waals surface area contributed by atoms with Gasteiger partial charge in [0.25, 0.3) is 0 Å². The Bertz CT molecular complexity index is 1310. The van der Waals surface area contributed by atoms with E-state index in [0.29, 0.717) is 23.2 Å². The van der Waals surface area contributed by atoms with Crippen molar-refractivity contribution in [2.45, 2.75) is 64.0 Å². The molecule has 2 heterocycles. The van der Waals surface area contributed by atoms with Gasteiger partial charge in [0.05, 0.1) is 11.9 Å². The molecule has 0 saturated heterocycles. The second-order valence-electron chi connectivity index (χ2n) is 9.70. The molecule has 174 valence electrons. The van der Waals surface area contributed by atoms with Crippen molar-refractivity contribution in [3.63, 3.8) is 0 Å². The predicted octanol–water partition coefficient (Wildman–Crippen LogP) is 5.21. The van der Waals surface area contributed by atoms with Crippen molar-refractivity contribution in [2.75, 3.05) is 12.4 Å². The van der Waals surface area contributed by atoms with Crippen molar-refractivity contribution >= 4 is 22.8 Å². The van der Waals surface area contributed by atoms with Gasteiger partial charge >= 0.3 is 0 Å². The first kappa shape index (κ1) is 21.2. The highest BCUT2D eigenvalue weighted by molar-refractivity contribution is 5.73. The maximum absolute atomic E-state index is 4.81. The normalized spacial score (nSPS) is 16.3. The Morgan fingerprint density at radius 2 is 1.85 bits per heavy atom. The van der Waals surface area contributed by atoms with Crippen molar-refractivity contribution < 1.29 is 0 Å². The summed E-state index contributed by atoms with van der Waals surface area (Å²) in [5.74, 6) is 0.560. The molecule has 2 aromatic heterocycles. The van der Waals surface area contributed by atoms with Crippen molar-refractivity contribution in [1.82, 2.24) is 29.9 Å². The zero-order valence-corrected chi connectivity index (χ0v) is 19.7. The van der Waals surface area contributed by atoms with Gasteiger partial charge in [0.1, 0.15) is 0 Å². The molecule has 7 nitrogen and oxygen atoms in total. The average molecular weight is 454 g/mol. The fourth-order valence-electron chi connectivity index (χ4n) is 5.47. The first-order valence-corrected chi connectivity index (χ1v) is 12.5. The van der Waals surface area contributed by atoms with Crippen LogP contribution >= 0.6 is 0 Å². The lowest BCUT2D eigenvalue weighted by Crippen LogP contribution is -2.33. The van der Waals surface area contributed by atoms with Crippen LogP contribution < -0.4 is 5.32 Å². The first-order chi connectivity index (χ1) is 16.7. The Kier molecular flexibility index (Phi) is 5.71. The van der Waals surface area contributed by atoms with Crippen molar-refractivity contribution in [1.29, 1.82) is 0 Å². The maximum Gasteiger partial charge on any atom is 0.229 e. The lowest BCUT2D eigenvalue weighted by atomic mass is 9.94. The number of anilines is 2. The fourth-order valence-corrected chi connectivity index (χ4v) is 5.47. The van der Waals surface area contributed by atoms with E-state index in [2.05, 4.69) is 75.0 Å². The van der Waals surface area contributed by atoms with Crippen LogP contribution in [-0.4, -0.2) is 43.0 Å². The summed E-state index contributed by atoms with van der Waals surface area (Å²) in [7, 11) is 2.25. The molecule has 1 fully saturated rings. The molecule has 0 spiro atoms. The van der Waals surface area contributed by atoms with E-state index in [1.54, 1.807) is 6.20 Å². The van der Waals surface area contributed by atoms with Gasteiger partial charge in [0.2, 0.25) is 5.95 Å². The van der Waals surface area contributed by atoms with Gasteiger partial charge in [-0.15, -0.1) is 5.10 Å². The van der Waals surface area contributed by atoms with Gasteiger partial charge in [-0.2, -0.15) is 9.67 Å². The zero-order chi connectivity index (χ0) is 22.9. The quantitative estimate of drug-likeness (QED) is 0.432. The van der Waals surface area contributed by atoms with Gasteiger partial charge in [0.15, 0.2) is 11.2 Å². The molecule has 2 aromatic carbocycles. The van der Waals surface area contributed by atoms with E-state index < -0.39 is 0 Å². The summed E-state index contributed by atoms with van der Waals surface area (Å²) in [5, 5.41) is 12.1. The predicted molar refractivity (Wildman–Crippen MR) is 135 cm³/mol. The highest BCUT2D eigenvalue weighted by Gasteiger charge is 2.19. The largest absolute Gasteiger partial charge is 0.324 e. The SMILES string of the molecule is CN(Cc1ccccc1Nc1ncc2nnn(-c3ccc4c(c3)CCC4)c2n1)C1CCCCC1. The molecule has 0 aliphatic heterocycles. The second kappa shape index (κ2) is 9.14. The molecule has 1 saturated carbocycles. The van der Waals surface area contributed by atoms with E-state index in [0.717, 1.165) is 24.3 Å². The summed E-state index contributed by atoms with van der Waals surface area (Å²) in [6.45, 7) is 0.907. The standard InChI is InChI=1S/C27H31N7/c1-33(22-11-3-2-4-12-22)18-21-8-5-6-13-24(21)29-27-28-17-25-26(30-27)34(32-31-25)23-15-14-19-9-7-10-20(19)16-23/h5-6,8,13-17,22H,2-4,7,9-12,18H2,1H3,(H,28,29,30). The molecule has 0 atom stereocenters. The molecule has 34 heavy (non-hydrogen) atoms. The van der Waals surface area contributed by atoms with Crippen LogP contribution in [0, 0.1) is 0 Å². The summed E-state index contributed by atoms with van der Waals surface area (Å²) in [6, 6.07) is 15.7. The molecule has 0 unspecified atom stereocenters. The molecule has 2 aliphatic carbocycles. The number of para-hydroxylation sites is 1. The third-order valence-electron chi connectivity index (χ3n) is 7.40. The summed E-state index contributed by atoms with van der Waals surface area (Å²) >= 11 is 0. The summed E-state index contributed by atoms with van der Waals surface area (Å²) < 4.78 is 1.82. The van der Waals surface area contributed by atoms with Crippen LogP contribution in [0.1, 0.15) is 55.2 Å². The van der Waals surface area contributed by atoms with Crippen molar-refractivity contribution in [2.24, 2.45) is 0 Å². The van der Waals surface area contributed by atoms with Gasteiger partial charge in [-0.1, -0.05) is 48.7 Å². The Hall–Kier alpha value is -3.32. The van der Waals surface area contributed by atoms with E-state index in [1.165, 1.54) is 61.6 Å². The first-order valence-electron chi connectivity index (χ1n) is 12.5.